The van der Waals surface area contributed by atoms with Crippen molar-refractivity contribution in [1.82, 2.24) is 0 Å². The Labute approximate surface area is 252 Å². The second-order valence-corrected chi connectivity index (χ2v) is 13.8. The van der Waals surface area contributed by atoms with E-state index in [1.807, 2.05) is 6.07 Å². The molecule has 4 heterocycles. The number of ketones is 1. The van der Waals surface area contributed by atoms with Crippen LogP contribution >= 0.6 is 31.9 Å². The van der Waals surface area contributed by atoms with Crippen LogP contribution in [0.25, 0.3) is 28.0 Å². The van der Waals surface area contributed by atoms with Crippen molar-refractivity contribution in [3.8, 4) is 6.07 Å². The van der Waals surface area contributed by atoms with Gasteiger partial charge in [0.2, 0.25) is 0 Å². The van der Waals surface area contributed by atoms with Gasteiger partial charge in [-0.1, -0.05) is 43.6 Å². The molecule has 208 valence electrons. The molecule has 4 aromatic rings. The van der Waals surface area contributed by atoms with E-state index in [2.05, 4.69) is 70.5 Å². The number of carbonyl (C=O) groups excluding carboxylic acids is 1. The Morgan fingerprint density at radius 1 is 0.976 bits per heavy atom. The summed E-state index contributed by atoms with van der Waals surface area (Å²) in [5.74, 6) is -0.744. The summed E-state index contributed by atoms with van der Waals surface area (Å²) in [4.78, 5) is 41.7. The molecule has 9 heteroatoms. The van der Waals surface area contributed by atoms with Crippen molar-refractivity contribution in [2.75, 3.05) is 18.0 Å². The minimum atomic E-state index is -0.933. The number of carbonyl (C=O) groups is 1. The highest BCUT2D eigenvalue weighted by molar-refractivity contribution is 9.11. The maximum Gasteiger partial charge on any atom is 0.348 e. The first-order valence-corrected chi connectivity index (χ1v) is 14.9. The molecule has 0 radical (unpaired) electrons. The molecule has 0 bridgehead atoms. The van der Waals surface area contributed by atoms with Crippen LogP contribution in [0, 0.1) is 11.3 Å². The fraction of sp³-hybridized carbons (Fsp3) is 0.312. The van der Waals surface area contributed by atoms with Gasteiger partial charge in [0.15, 0.2) is 11.4 Å². The topological polar surface area (TPSA) is 105 Å². The van der Waals surface area contributed by atoms with Crippen molar-refractivity contribution in [3.63, 3.8) is 0 Å². The van der Waals surface area contributed by atoms with Crippen LogP contribution in [0.15, 0.2) is 57.7 Å². The zero-order chi connectivity index (χ0) is 29.4. The number of nitrogens with zero attached hydrogens (tertiary/aromatic N) is 2. The second kappa shape index (κ2) is 9.53. The van der Waals surface area contributed by atoms with E-state index in [1.165, 1.54) is 17.3 Å². The first-order valence-electron chi connectivity index (χ1n) is 13.3. The third-order valence-corrected chi connectivity index (χ3v) is 9.50. The summed E-state index contributed by atoms with van der Waals surface area (Å²) in [6.07, 6.45) is 4.42. The van der Waals surface area contributed by atoms with Crippen LogP contribution < -0.4 is 16.2 Å². The van der Waals surface area contributed by atoms with Gasteiger partial charge in [-0.3, -0.25) is 4.79 Å². The number of hydrogen-bond acceptors (Lipinski definition) is 7. The number of nitriles is 1. The van der Waals surface area contributed by atoms with Crippen LogP contribution in [0.3, 0.4) is 0 Å². The molecule has 2 aliphatic heterocycles. The fourth-order valence-corrected chi connectivity index (χ4v) is 7.41. The second-order valence-electron chi connectivity index (χ2n) is 12.0. The molecule has 2 aliphatic rings. The molecule has 0 fully saturated rings. The molecule has 2 aromatic carbocycles. The zero-order valence-corrected chi connectivity index (χ0v) is 26.2. The van der Waals surface area contributed by atoms with Crippen LogP contribution in [-0.4, -0.2) is 18.9 Å². The van der Waals surface area contributed by atoms with Gasteiger partial charge in [-0.05, 0) is 81.6 Å². The quantitative estimate of drug-likeness (QED) is 0.127. The lowest BCUT2D eigenvalue weighted by Crippen LogP contribution is -2.44. The molecule has 0 amide bonds. The van der Waals surface area contributed by atoms with E-state index >= 15 is 0 Å². The van der Waals surface area contributed by atoms with Crippen molar-refractivity contribution in [1.29, 1.82) is 5.26 Å². The van der Waals surface area contributed by atoms with Gasteiger partial charge in [-0.2, -0.15) is 5.26 Å². The predicted molar refractivity (Wildman–Crippen MR) is 166 cm³/mol. The number of benzene rings is 2. The Morgan fingerprint density at radius 3 is 2.37 bits per heavy atom. The highest BCUT2D eigenvalue weighted by Gasteiger charge is 2.41. The summed E-state index contributed by atoms with van der Waals surface area (Å²) in [6, 6.07) is 9.10. The molecule has 6 rings (SSSR count). The van der Waals surface area contributed by atoms with E-state index in [0.29, 0.717) is 19.9 Å². The van der Waals surface area contributed by atoms with E-state index in [4.69, 9.17) is 8.83 Å². The Balaban J connectivity index is 1.49. The summed E-state index contributed by atoms with van der Waals surface area (Å²) in [6.45, 7) is 10.8. The van der Waals surface area contributed by atoms with Crippen LogP contribution in [0.4, 0.5) is 5.69 Å². The molecule has 0 saturated carbocycles. The maximum atomic E-state index is 13.3. The number of anilines is 1. The lowest BCUT2D eigenvalue weighted by atomic mass is 9.69. The summed E-state index contributed by atoms with van der Waals surface area (Å²) >= 11 is 6.69. The Bertz CT molecular complexity index is 2010. The molecule has 41 heavy (non-hydrogen) atoms. The maximum absolute atomic E-state index is 13.3. The number of allylic oxidation sites excluding steroid dienone is 1. The van der Waals surface area contributed by atoms with Crippen molar-refractivity contribution < 1.29 is 13.6 Å². The van der Waals surface area contributed by atoms with Crippen molar-refractivity contribution >= 4 is 71.3 Å². The Kier molecular flexibility index (Phi) is 6.44. The number of hydrogen-bond donors (Lipinski definition) is 0. The predicted octanol–water partition coefficient (Wildman–Crippen LogP) is 7.36. The highest BCUT2D eigenvalue weighted by atomic mass is 79.9. The molecule has 0 spiro atoms. The van der Waals surface area contributed by atoms with E-state index in [9.17, 15) is 19.6 Å². The van der Waals surface area contributed by atoms with E-state index in [-0.39, 0.29) is 27.5 Å². The summed E-state index contributed by atoms with van der Waals surface area (Å²) in [5.41, 5.74) is 2.13. The standard InChI is InChI=1S/C32H26Br2N2O5/c1-31(2)7-9-36-10-8-32(3,4)25-26(36)21(31)12-17-11-16(29(38)40-27(17)25)5-6-23(37)24-20(15-35)19-13-18(33)14-22(34)28(19)41-30(24)39/h5-6,11-14H,7-10H2,1-4H3/b6-5+. The number of fused-ring (bicyclic) bond motifs is 3. The first-order chi connectivity index (χ1) is 19.3. The van der Waals surface area contributed by atoms with Gasteiger partial charge in [0, 0.05) is 39.6 Å². The fourth-order valence-electron chi connectivity index (χ4n) is 6.10. The lowest BCUT2D eigenvalue weighted by Gasteiger charge is -2.48. The normalized spacial score (nSPS) is 17.1. The average Bonchev–Trinajstić information content (AvgIpc) is 2.90. The molecule has 2 aromatic heterocycles. The third-order valence-electron chi connectivity index (χ3n) is 8.46. The van der Waals surface area contributed by atoms with Gasteiger partial charge in [-0.15, -0.1) is 0 Å². The van der Waals surface area contributed by atoms with E-state index in [1.54, 1.807) is 18.2 Å². The van der Waals surface area contributed by atoms with Crippen molar-refractivity contribution in [2.45, 2.75) is 51.4 Å². The van der Waals surface area contributed by atoms with Gasteiger partial charge in [0.25, 0.3) is 0 Å². The largest absolute Gasteiger partial charge is 0.422 e. The average molecular weight is 678 g/mol. The Morgan fingerprint density at radius 2 is 1.66 bits per heavy atom. The van der Waals surface area contributed by atoms with Crippen LogP contribution in [0.2, 0.25) is 0 Å². The summed E-state index contributed by atoms with van der Waals surface area (Å²) in [5, 5.41) is 11.0. The zero-order valence-electron chi connectivity index (χ0n) is 23.0. The minimum absolute atomic E-state index is 0.0495. The molecule has 7 nitrogen and oxygen atoms in total. The molecule has 0 aliphatic carbocycles. The molecular formula is C32H26Br2N2O5. The summed E-state index contributed by atoms with van der Waals surface area (Å²) in [7, 11) is 0. The van der Waals surface area contributed by atoms with Crippen molar-refractivity contribution in [2.24, 2.45) is 0 Å². The van der Waals surface area contributed by atoms with E-state index < -0.39 is 22.6 Å². The Hall–Kier alpha value is -3.48. The minimum Gasteiger partial charge on any atom is -0.422 e. The number of halogens is 2. The van der Waals surface area contributed by atoms with Gasteiger partial charge in [0.1, 0.15) is 17.2 Å². The molecule has 0 saturated heterocycles. The molecule has 0 N–H and O–H groups in total. The van der Waals surface area contributed by atoms with Gasteiger partial charge < -0.3 is 13.7 Å². The SMILES string of the molecule is CC1(C)CCN2CCC(C)(C)c3c2c1cc1cc(/C=C/C(=O)c2c(C#N)c4cc(Br)cc(Br)c4oc2=O)c(=O)oc31. The van der Waals surface area contributed by atoms with Crippen LogP contribution in [0.5, 0.6) is 0 Å². The van der Waals surface area contributed by atoms with Crippen molar-refractivity contribution in [3.05, 3.63) is 87.9 Å². The first kappa shape index (κ1) is 27.7. The monoisotopic (exact) mass is 676 g/mol. The van der Waals surface area contributed by atoms with Gasteiger partial charge in [-0.25, -0.2) is 9.59 Å². The van der Waals surface area contributed by atoms with Gasteiger partial charge in [0.05, 0.1) is 15.6 Å². The summed E-state index contributed by atoms with van der Waals surface area (Å²) < 4.78 is 12.5. The van der Waals surface area contributed by atoms with Crippen LogP contribution in [0.1, 0.15) is 73.1 Å². The smallest absolute Gasteiger partial charge is 0.348 e. The third kappa shape index (κ3) is 4.39. The molecule has 0 unspecified atom stereocenters. The van der Waals surface area contributed by atoms with Crippen LogP contribution in [-0.2, 0) is 10.8 Å². The molecular weight excluding hydrogens is 652 g/mol. The highest BCUT2D eigenvalue weighted by Crippen LogP contribution is 2.51. The van der Waals surface area contributed by atoms with Gasteiger partial charge >= 0.3 is 11.3 Å². The number of rotatable bonds is 3. The van der Waals surface area contributed by atoms with E-state index in [0.717, 1.165) is 43.0 Å². The molecule has 0 atom stereocenters. The lowest BCUT2D eigenvalue weighted by molar-refractivity contribution is 0.104.